The molecule has 2 rings (SSSR count). The molecule has 1 amide bonds. The molecule has 1 unspecified atom stereocenters. The Hall–Kier alpha value is -1.20. The van der Waals surface area contributed by atoms with Gasteiger partial charge in [0.05, 0.1) is 10.6 Å². The molecule has 1 heterocycles. The number of benzene rings is 1. The Balaban J connectivity index is 2.30. The Labute approximate surface area is 109 Å². The van der Waals surface area contributed by atoms with Crippen molar-refractivity contribution in [3.8, 4) is 0 Å². The van der Waals surface area contributed by atoms with Crippen LogP contribution in [0.3, 0.4) is 0 Å². The minimum absolute atomic E-state index is 0.00400. The molecular formula is C12H13ClF2N2O. The van der Waals surface area contributed by atoms with Crippen LogP contribution in [0.2, 0.25) is 5.02 Å². The molecule has 0 bridgehead atoms. The Bertz CT molecular complexity index is 481. The third-order valence-corrected chi connectivity index (χ3v) is 3.32. The first-order valence-electron chi connectivity index (χ1n) is 5.67. The molecule has 0 radical (unpaired) electrons. The highest BCUT2D eigenvalue weighted by Crippen LogP contribution is 2.22. The van der Waals surface area contributed by atoms with E-state index in [2.05, 4.69) is 5.32 Å². The summed E-state index contributed by atoms with van der Waals surface area (Å²) in [6.07, 6.45) is 0. The fourth-order valence-electron chi connectivity index (χ4n) is 1.98. The van der Waals surface area contributed by atoms with Gasteiger partial charge in [0.2, 0.25) is 0 Å². The van der Waals surface area contributed by atoms with Gasteiger partial charge in [0.15, 0.2) is 11.6 Å². The first kappa shape index (κ1) is 13.2. The molecule has 1 aromatic carbocycles. The summed E-state index contributed by atoms with van der Waals surface area (Å²) in [5, 5.41) is 3.08. The molecule has 0 saturated carbocycles. The van der Waals surface area contributed by atoms with Gasteiger partial charge in [-0.2, -0.15) is 0 Å². The van der Waals surface area contributed by atoms with Crippen molar-refractivity contribution in [1.29, 1.82) is 0 Å². The fraction of sp³-hybridized carbons (Fsp3) is 0.417. The number of nitrogens with one attached hydrogen (secondary N) is 1. The maximum Gasteiger partial charge on any atom is 0.255 e. The van der Waals surface area contributed by atoms with E-state index in [4.69, 9.17) is 11.6 Å². The van der Waals surface area contributed by atoms with Gasteiger partial charge in [0, 0.05) is 25.7 Å². The van der Waals surface area contributed by atoms with Crippen LogP contribution in [0.5, 0.6) is 0 Å². The van der Waals surface area contributed by atoms with Crippen molar-refractivity contribution in [1.82, 2.24) is 10.2 Å². The van der Waals surface area contributed by atoms with E-state index in [0.29, 0.717) is 19.6 Å². The molecule has 1 aromatic rings. The van der Waals surface area contributed by atoms with Crippen LogP contribution in [0, 0.1) is 11.6 Å². The molecule has 0 aromatic heterocycles. The predicted octanol–water partition coefficient (Wildman–Crippen LogP) is 2.05. The Kier molecular flexibility index (Phi) is 3.82. The lowest BCUT2D eigenvalue weighted by atomic mass is 10.1. The van der Waals surface area contributed by atoms with E-state index in [-0.39, 0.29) is 22.5 Å². The van der Waals surface area contributed by atoms with Gasteiger partial charge in [0.1, 0.15) is 0 Å². The average Bonchev–Trinajstić information content (AvgIpc) is 2.33. The standard InChI is InChI=1S/C12H13ClF2N2O/c1-7-6-16-2-3-17(7)12(18)8-4-10(14)11(15)5-9(8)13/h4-5,7,16H,2-3,6H2,1H3. The Morgan fingerprint density at radius 3 is 2.78 bits per heavy atom. The molecule has 0 spiro atoms. The summed E-state index contributed by atoms with van der Waals surface area (Å²) in [6.45, 7) is 3.76. The molecule has 1 N–H and O–H groups in total. The van der Waals surface area contributed by atoms with Crippen LogP contribution in [0.1, 0.15) is 17.3 Å². The minimum Gasteiger partial charge on any atom is -0.333 e. The van der Waals surface area contributed by atoms with Crippen molar-refractivity contribution in [2.24, 2.45) is 0 Å². The van der Waals surface area contributed by atoms with Crippen molar-refractivity contribution < 1.29 is 13.6 Å². The highest BCUT2D eigenvalue weighted by molar-refractivity contribution is 6.33. The topological polar surface area (TPSA) is 32.3 Å². The lowest BCUT2D eigenvalue weighted by Crippen LogP contribution is -2.52. The number of nitrogens with zero attached hydrogens (tertiary/aromatic N) is 1. The lowest BCUT2D eigenvalue weighted by molar-refractivity contribution is 0.0655. The smallest absolute Gasteiger partial charge is 0.255 e. The van der Waals surface area contributed by atoms with Crippen LogP contribution in [-0.4, -0.2) is 36.5 Å². The highest BCUT2D eigenvalue weighted by Gasteiger charge is 2.26. The number of halogens is 3. The van der Waals surface area contributed by atoms with Crippen molar-refractivity contribution >= 4 is 17.5 Å². The number of piperazine rings is 1. The van der Waals surface area contributed by atoms with Crippen molar-refractivity contribution in [2.75, 3.05) is 19.6 Å². The fourth-order valence-corrected chi connectivity index (χ4v) is 2.22. The predicted molar refractivity (Wildman–Crippen MR) is 64.7 cm³/mol. The molecule has 98 valence electrons. The number of amides is 1. The van der Waals surface area contributed by atoms with Gasteiger partial charge in [0.25, 0.3) is 5.91 Å². The number of rotatable bonds is 1. The largest absolute Gasteiger partial charge is 0.333 e. The lowest BCUT2D eigenvalue weighted by Gasteiger charge is -2.34. The SMILES string of the molecule is CC1CNCCN1C(=O)c1cc(F)c(F)cc1Cl. The number of hydrogen-bond acceptors (Lipinski definition) is 2. The van der Waals surface area contributed by atoms with E-state index < -0.39 is 11.6 Å². The van der Waals surface area contributed by atoms with E-state index >= 15 is 0 Å². The molecule has 1 aliphatic rings. The van der Waals surface area contributed by atoms with Crippen molar-refractivity contribution in [2.45, 2.75) is 13.0 Å². The molecule has 0 aliphatic carbocycles. The van der Waals surface area contributed by atoms with Crippen LogP contribution in [0.25, 0.3) is 0 Å². The van der Waals surface area contributed by atoms with E-state index in [1.165, 1.54) is 0 Å². The van der Waals surface area contributed by atoms with Gasteiger partial charge >= 0.3 is 0 Å². The van der Waals surface area contributed by atoms with Crippen LogP contribution in [0.4, 0.5) is 8.78 Å². The summed E-state index contributed by atoms with van der Waals surface area (Å²) in [6, 6.07) is 1.68. The average molecular weight is 275 g/mol. The minimum atomic E-state index is -1.06. The normalized spacial score (nSPS) is 20.0. The van der Waals surface area contributed by atoms with Crippen molar-refractivity contribution in [3.05, 3.63) is 34.4 Å². The second kappa shape index (κ2) is 5.20. The van der Waals surface area contributed by atoms with Crippen molar-refractivity contribution in [3.63, 3.8) is 0 Å². The Morgan fingerprint density at radius 2 is 2.11 bits per heavy atom. The maximum absolute atomic E-state index is 13.2. The van der Waals surface area contributed by atoms with Crippen LogP contribution >= 0.6 is 11.6 Å². The van der Waals surface area contributed by atoms with Gasteiger partial charge in [-0.1, -0.05) is 11.6 Å². The molecule has 3 nitrogen and oxygen atoms in total. The summed E-state index contributed by atoms with van der Waals surface area (Å²) >= 11 is 5.79. The number of hydrogen-bond donors (Lipinski definition) is 1. The van der Waals surface area contributed by atoms with E-state index in [9.17, 15) is 13.6 Å². The maximum atomic E-state index is 13.2. The molecule has 1 atom stereocenters. The van der Waals surface area contributed by atoms with Gasteiger partial charge in [-0.15, -0.1) is 0 Å². The molecule has 1 fully saturated rings. The monoisotopic (exact) mass is 274 g/mol. The summed E-state index contributed by atoms with van der Waals surface area (Å²) in [7, 11) is 0. The Morgan fingerprint density at radius 1 is 1.44 bits per heavy atom. The third-order valence-electron chi connectivity index (χ3n) is 3.00. The zero-order valence-corrected chi connectivity index (χ0v) is 10.6. The second-order valence-electron chi connectivity index (χ2n) is 4.30. The first-order valence-corrected chi connectivity index (χ1v) is 6.04. The number of carbonyl (C=O) groups excluding carboxylic acids is 1. The molecule has 1 saturated heterocycles. The zero-order chi connectivity index (χ0) is 13.3. The van der Waals surface area contributed by atoms with Gasteiger partial charge in [-0.3, -0.25) is 4.79 Å². The van der Waals surface area contributed by atoms with Gasteiger partial charge in [-0.05, 0) is 19.1 Å². The summed E-state index contributed by atoms with van der Waals surface area (Å²) in [5.74, 6) is -2.48. The third kappa shape index (κ3) is 2.47. The van der Waals surface area contributed by atoms with Crippen LogP contribution < -0.4 is 5.32 Å². The van der Waals surface area contributed by atoms with Gasteiger partial charge < -0.3 is 10.2 Å². The second-order valence-corrected chi connectivity index (χ2v) is 4.71. The first-order chi connectivity index (χ1) is 8.50. The summed E-state index contributed by atoms with van der Waals surface area (Å²) in [4.78, 5) is 13.8. The van der Waals surface area contributed by atoms with E-state index in [1.54, 1.807) is 4.90 Å². The van der Waals surface area contributed by atoms with Crippen LogP contribution in [0.15, 0.2) is 12.1 Å². The molecule has 6 heteroatoms. The summed E-state index contributed by atoms with van der Waals surface area (Å²) in [5.41, 5.74) is 0.00400. The zero-order valence-electron chi connectivity index (χ0n) is 9.84. The van der Waals surface area contributed by atoms with E-state index in [1.807, 2.05) is 6.92 Å². The van der Waals surface area contributed by atoms with E-state index in [0.717, 1.165) is 12.1 Å². The quantitative estimate of drug-likeness (QED) is 0.795. The highest BCUT2D eigenvalue weighted by atomic mass is 35.5. The van der Waals surface area contributed by atoms with Gasteiger partial charge in [-0.25, -0.2) is 8.78 Å². The van der Waals surface area contributed by atoms with Crippen LogP contribution in [-0.2, 0) is 0 Å². The molecule has 18 heavy (non-hydrogen) atoms. The summed E-state index contributed by atoms with van der Waals surface area (Å²) < 4.78 is 26.1. The number of carbonyl (C=O) groups is 1. The molecule has 1 aliphatic heterocycles. The molecular weight excluding hydrogens is 262 g/mol.